The zero-order valence-corrected chi connectivity index (χ0v) is 19.6. The first-order valence-corrected chi connectivity index (χ1v) is 11.9. The van der Waals surface area contributed by atoms with Crippen LogP contribution in [0.4, 0.5) is 11.5 Å². The summed E-state index contributed by atoms with van der Waals surface area (Å²) >= 11 is 0. The van der Waals surface area contributed by atoms with E-state index in [0.29, 0.717) is 60.4 Å². The second kappa shape index (κ2) is 9.74. The van der Waals surface area contributed by atoms with Crippen molar-refractivity contribution in [3.63, 3.8) is 0 Å². The van der Waals surface area contributed by atoms with Crippen LogP contribution in [0.15, 0.2) is 53.4 Å². The molecule has 1 aliphatic heterocycles. The second-order valence-electron chi connectivity index (χ2n) is 7.53. The summed E-state index contributed by atoms with van der Waals surface area (Å²) in [7, 11) is -0.445. The van der Waals surface area contributed by atoms with Gasteiger partial charge in [0.15, 0.2) is 5.82 Å². The third kappa shape index (κ3) is 5.08. The van der Waals surface area contributed by atoms with Crippen LogP contribution in [0.1, 0.15) is 5.56 Å². The van der Waals surface area contributed by atoms with Crippen LogP contribution in [-0.2, 0) is 14.8 Å². The van der Waals surface area contributed by atoms with Gasteiger partial charge in [-0.25, -0.2) is 8.42 Å². The number of hydrogen-bond acceptors (Lipinski definition) is 8. The van der Waals surface area contributed by atoms with Crippen molar-refractivity contribution in [2.24, 2.45) is 0 Å². The van der Waals surface area contributed by atoms with E-state index in [1.807, 2.05) is 18.2 Å². The standard InChI is InChI=1S/C23H26N4O5S/c1-16-4-5-17(12-22(16)33(28,29)27-8-10-32-11-9-27)21-6-7-23(26-25-21)24-18-13-19(30-2)15-20(14-18)31-3/h4-7,12-15H,8-11H2,1-3H3,(H,24,26). The van der Waals surface area contributed by atoms with Crippen LogP contribution in [0.2, 0.25) is 0 Å². The van der Waals surface area contributed by atoms with Gasteiger partial charge in [-0.3, -0.25) is 0 Å². The lowest BCUT2D eigenvalue weighted by atomic mass is 10.1. The Morgan fingerprint density at radius 2 is 1.64 bits per heavy atom. The van der Waals surface area contributed by atoms with Crippen molar-refractivity contribution in [1.82, 2.24) is 14.5 Å². The fourth-order valence-electron chi connectivity index (χ4n) is 3.54. The van der Waals surface area contributed by atoms with Gasteiger partial charge in [0.05, 0.1) is 38.0 Å². The molecule has 174 valence electrons. The number of methoxy groups -OCH3 is 2. The zero-order chi connectivity index (χ0) is 23.4. The number of sulfonamides is 1. The van der Waals surface area contributed by atoms with Gasteiger partial charge in [-0.2, -0.15) is 4.31 Å². The minimum absolute atomic E-state index is 0.273. The molecule has 1 aromatic heterocycles. The SMILES string of the molecule is COc1cc(Nc2ccc(-c3ccc(C)c(S(=O)(=O)N4CCOCC4)c3)nn2)cc(OC)c1. The molecule has 33 heavy (non-hydrogen) atoms. The number of nitrogens with one attached hydrogen (secondary N) is 1. The summed E-state index contributed by atoms with van der Waals surface area (Å²) in [6.07, 6.45) is 0. The van der Waals surface area contributed by atoms with Crippen molar-refractivity contribution in [3.8, 4) is 22.8 Å². The number of nitrogens with zero attached hydrogens (tertiary/aromatic N) is 3. The van der Waals surface area contributed by atoms with Crippen LogP contribution < -0.4 is 14.8 Å². The van der Waals surface area contributed by atoms with Gasteiger partial charge in [0.25, 0.3) is 0 Å². The lowest BCUT2D eigenvalue weighted by Crippen LogP contribution is -2.40. The van der Waals surface area contributed by atoms with Crippen LogP contribution >= 0.6 is 0 Å². The largest absolute Gasteiger partial charge is 0.497 e. The van der Waals surface area contributed by atoms with Gasteiger partial charge in [-0.1, -0.05) is 12.1 Å². The summed E-state index contributed by atoms with van der Waals surface area (Å²) in [6, 6.07) is 14.3. The van der Waals surface area contributed by atoms with E-state index in [1.165, 1.54) is 4.31 Å². The highest BCUT2D eigenvalue weighted by atomic mass is 32.2. The number of aryl methyl sites for hydroxylation is 1. The van der Waals surface area contributed by atoms with Crippen LogP contribution in [-0.4, -0.2) is 63.4 Å². The van der Waals surface area contributed by atoms with E-state index in [4.69, 9.17) is 14.2 Å². The van der Waals surface area contributed by atoms with Crippen LogP contribution in [0.25, 0.3) is 11.3 Å². The molecule has 10 heteroatoms. The van der Waals surface area contributed by atoms with Crippen molar-refractivity contribution in [3.05, 3.63) is 54.1 Å². The molecule has 0 aliphatic carbocycles. The van der Waals surface area contributed by atoms with Crippen molar-refractivity contribution in [2.75, 3.05) is 45.8 Å². The number of anilines is 2. The van der Waals surface area contributed by atoms with Gasteiger partial charge < -0.3 is 19.5 Å². The summed E-state index contributed by atoms with van der Waals surface area (Å²) in [5.74, 6) is 1.83. The minimum atomic E-state index is -3.62. The van der Waals surface area contributed by atoms with Gasteiger partial charge in [0.1, 0.15) is 11.5 Å². The average molecular weight is 471 g/mol. The fourth-order valence-corrected chi connectivity index (χ4v) is 5.20. The summed E-state index contributed by atoms with van der Waals surface area (Å²) in [4.78, 5) is 0.273. The summed E-state index contributed by atoms with van der Waals surface area (Å²) in [6.45, 7) is 3.29. The quantitative estimate of drug-likeness (QED) is 0.561. The Morgan fingerprint density at radius 1 is 0.939 bits per heavy atom. The van der Waals surface area contributed by atoms with E-state index < -0.39 is 10.0 Å². The topological polar surface area (TPSA) is 103 Å². The van der Waals surface area contributed by atoms with E-state index in [9.17, 15) is 8.42 Å². The molecule has 0 saturated carbocycles. The van der Waals surface area contributed by atoms with Crippen molar-refractivity contribution < 1.29 is 22.6 Å². The maximum absolute atomic E-state index is 13.2. The Bertz CT molecular complexity index is 1200. The molecule has 1 aliphatic rings. The highest BCUT2D eigenvalue weighted by Crippen LogP contribution is 2.29. The molecule has 1 N–H and O–H groups in total. The molecule has 1 fully saturated rings. The maximum atomic E-state index is 13.2. The van der Waals surface area contributed by atoms with Crippen molar-refractivity contribution in [1.29, 1.82) is 0 Å². The third-order valence-corrected chi connectivity index (χ3v) is 7.40. The number of aromatic nitrogens is 2. The van der Waals surface area contributed by atoms with Gasteiger partial charge in [0.2, 0.25) is 10.0 Å². The molecule has 9 nitrogen and oxygen atoms in total. The Kier molecular flexibility index (Phi) is 6.77. The van der Waals surface area contributed by atoms with E-state index in [-0.39, 0.29) is 4.90 Å². The highest BCUT2D eigenvalue weighted by molar-refractivity contribution is 7.89. The summed E-state index contributed by atoms with van der Waals surface area (Å²) in [5.41, 5.74) is 2.67. The average Bonchev–Trinajstić information content (AvgIpc) is 2.85. The lowest BCUT2D eigenvalue weighted by molar-refractivity contribution is 0.0730. The fraction of sp³-hybridized carbons (Fsp3) is 0.304. The molecule has 0 atom stereocenters. The van der Waals surface area contributed by atoms with Crippen LogP contribution in [0.3, 0.4) is 0 Å². The van der Waals surface area contributed by atoms with E-state index >= 15 is 0 Å². The number of benzene rings is 2. The number of rotatable bonds is 7. The predicted molar refractivity (Wildman–Crippen MR) is 125 cm³/mol. The smallest absolute Gasteiger partial charge is 0.243 e. The first-order chi connectivity index (χ1) is 15.9. The second-order valence-corrected chi connectivity index (χ2v) is 9.43. The van der Waals surface area contributed by atoms with E-state index in [0.717, 1.165) is 5.69 Å². The molecule has 0 spiro atoms. The maximum Gasteiger partial charge on any atom is 0.243 e. The van der Waals surface area contributed by atoms with E-state index in [2.05, 4.69) is 15.5 Å². The Balaban J connectivity index is 1.58. The van der Waals surface area contributed by atoms with E-state index in [1.54, 1.807) is 51.5 Å². The minimum Gasteiger partial charge on any atom is -0.497 e. The Hall–Kier alpha value is -3.21. The number of ether oxygens (including phenoxy) is 3. The molecular formula is C23H26N4O5S. The van der Waals surface area contributed by atoms with Crippen LogP contribution in [0.5, 0.6) is 11.5 Å². The van der Waals surface area contributed by atoms with Crippen LogP contribution in [0, 0.1) is 6.92 Å². The molecule has 4 rings (SSSR count). The Labute approximate surface area is 193 Å². The predicted octanol–water partition coefficient (Wildman–Crippen LogP) is 3.23. The van der Waals surface area contributed by atoms with Gasteiger partial charge in [-0.15, -0.1) is 10.2 Å². The molecule has 2 aromatic carbocycles. The molecule has 1 saturated heterocycles. The summed E-state index contributed by atoms with van der Waals surface area (Å²) in [5, 5.41) is 11.7. The molecule has 3 aromatic rings. The molecule has 2 heterocycles. The summed E-state index contributed by atoms with van der Waals surface area (Å²) < 4.78 is 43.6. The lowest BCUT2D eigenvalue weighted by Gasteiger charge is -2.26. The normalized spacial score (nSPS) is 14.6. The van der Waals surface area contributed by atoms with Crippen molar-refractivity contribution in [2.45, 2.75) is 11.8 Å². The first kappa shape index (κ1) is 23.0. The molecule has 0 amide bonds. The third-order valence-electron chi connectivity index (χ3n) is 5.36. The Morgan fingerprint density at radius 3 is 2.24 bits per heavy atom. The highest BCUT2D eigenvalue weighted by Gasteiger charge is 2.28. The number of hydrogen-bond donors (Lipinski definition) is 1. The van der Waals surface area contributed by atoms with Crippen molar-refractivity contribution >= 4 is 21.5 Å². The monoisotopic (exact) mass is 470 g/mol. The van der Waals surface area contributed by atoms with Gasteiger partial charge >= 0.3 is 0 Å². The molecule has 0 radical (unpaired) electrons. The molecular weight excluding hydrogens is 444 g/mol. The number of morpholine rings is 1. The van der Waals surface area contributed by atoms with Gasteiger partial charge in [0, 0.05) is 42.5 Å². The van der Waals surface area contributed by atoms with Gasteiger partial charge in [-0.05, 0) is 30.7 Å². The molecule has 0 bridgehead atoms. The molecule has 0 unspecified atom stereocenters. The first-order valence-electron chi connectivity index (χ1n) is 10.4. The zero-order valence-electron chi connectivity index (χ0n) is 18.7.